The second kappa shape index (κ2) is 6.25. The molecule has 1 fully saturated rings. The normalized spacial score (nSPS) is 17.5. The molecule has 2 nitrogen and oxygen atoms in total. The fourth-order valence-corrected chi connectivity index (χ4v) is 2.08. The second-order valence-corrected chi connectivity index (χ2v) is 4.94. The Labute approximate surface area is 106 Å². The Hall–Kier alpha value is -1.00. The van der Waals surface area contributed by atoms with Crippen molar-refractivity contribution in [2.45, 2.75) is 31.7 Å². The van der Waals surface area contributed by atoms with E-state index >= 15 is 0 Å². The minimum atomic E-state index is -0.864. The predicted octanol–water partition coefficient (Wildman–Crippen LogP) is 3.17. The standard InChI is InChI=1S/C14H19F2NO/c15-12-5-4-11(8-13(12)16)14(17)9-18-7-6-10-2-1-3-10/h4-5,8,10,14H,1-3,6-7,9,17H2. The smallest absolute Gasteiger partial charge is 0.159 e. The molecule has 1 atom stereocenters. The van der Waals surface area contributed by atoms with Gasteiger partial charge in [-0.1, -0.05) is 25.3 Å². The molecule has 0 saturated heterocycles. The second-order valence-electron chi connectivity index (χ2n) is 4.94. The maximum absolute atomic E-state index is 13.0. The summed E-state index contributed by atoms with van der Waals surface area (Å²) >= 11 is 0. The first-order valence-electron chi connectivity index (χ1n) is 6.45. The van der Waals surface area contributed by atoms with Crippen LogP contribution in [0, 0.1) is 17.6 Å². The lowest BCUT2D eigenvalue weighted by atomic mass is 9.83. The third-order valence-corrected chi connectivity index (χ3v) is 3.56. The van der Waals surface area contributed by atoms with Crippen molar-refractivity contribution in [3.8, 4) is 0 Å². The minimum Gasteiger partial charge on any atom is -0.379 e. The molecular formula is C14H19F2NO. The molecule has 100 valence electrons. The van der Waals surface area contributed by atoms with E-state index in [-0.39, 0.29) is 0 Å². The molecule has 1 aromatic carbocycles. The molecule has 0 spiro atoms. The fourth-order valence-electron chi connectivity index (χ4n) is 2.08. The van der Waals surface area contributed by atoms with Gasteiger partial charge in [0.2, 0.25) is 0 Å². The van der Waals surface area contributed by atoms with E-state index in [0.717, 1.165) is 24.5 Å². The Kier molecular flexibility index (Phi) is 4.66. The average molecular weight is 255 g/mol. The maximum Gasteiger partial charge on any atom is 0.159 e. The van der Waals surface area contributed by atoms with E-state index in [0.29, 0.717) is 18.8 Å². The predicted molar refractivity (Wildman–Crippen MR) is 66.1 cm³/mol. The average Bonchev–Trinajstić information content (AvgIpc) is 2.30. The number of halogens is 2. The van der Waals surface area contributed by atoms with E-state index in [1.54, 1.807) is 0 Å². The van der Waals surface area contributed by atoms with Gasteiger partial charge in [-0.3, -0.25) is 0 Å². The third kappa shape index (κ3) is 3.50. The maximum atomic E-state index is 13.0. The van der Waals surface area contributed by atoms with Crippen molar-refractivity contribution in [3.63, 3.8) is 0 Å². The molecule has 2 N–H and O–H groups in total. The van der Waals surface area contributed by atoms with Crippen LogP contribution < -0.4 is 5.73 Å². The molecule has 0 radical (unpaired) electrons. The fraction of sp³-hybridized carbons (Fsp3) is 0.571. The van der Waals surface area contributed by atoms with Gasteiger partial charge in [-0.2, -0.15) is 0 Å². The highest BCUT2D eigenvalue weighted by molar-refractivity contribution is 5.20. The molecule has 4 heteroatoms. The van der Waals surface area contributed by atoms with Gasteiger partial charge in [-0.25, -0.2) is 8.78 Å². The summed E-state index contributed by atoms with van der Waals surface area (Å²) in [6.45, 7) is 1.04. The summed E-state index contributed by atoms with van der Waals surface area (Å²) in [6, 6.07) is 3.33. The highest BCUT2D eigenvalue weighted by atomic mass is 19.2. The van der Waals surface area contributed by atoms with Crippen LogP contribution >= 0.6 is 0 Å². The molecule has 2 rings (SSSR count). The lowest BCUT2D eigenvalue weighted by molar-refractivity contribution is 0.0961. The molecule has 0 aliphatic heterocycles. The molecule has 1 unspecified atom stereocenters. The highest BCUT2D eigenvalue weighted by Crippen LogP contribution is 2.29. The van der Waals surface area contributed by atoms with Crippen molar-refractivity contribution in [3.05, 3.63) is 35.4 Å². The first-order chi connectivity index (χ1) is 8.66. The van der Waals surface area contributed by atoms with Crippen LogP contribution in [0.2, 0.25) is 0 Å². The third-order valence-electron chi connectivity index (χ3n) is 3.56. The largest absolute Gasteiger partial charge is 0.379 e. The van der Waals surface area contributed by atoms with Gasteiger partial charge in [0, 0.05) is 6.61 Å². The van der Waals surface area contributed by atoms with Crippen LogP contribution in [0.15, 0.2) is 18.2 Å². The zero-order valence-corrected chi connectivity index (χ0v) is 10.4. The summed E-state index contributed by atoms with van der Waals surface area (Å²) in [4.78, 5) is 0. The molecule has 1 aliphatic carbocycles. The number of ether oxygens (including phenoxy) is 1. The number of hydrogen-bond acceptors (Lipinski definition) is 2. The van der Waals surface area contributed by atoms with Gasteiger partial charge in [0.1, 0.15) is 0 Å². The van der Waals surface area contributed by atoms with E-state index in [4.69, 9.17) is 10.5 Å². The Morgan fingerprint density at radius 2 is 2.06 bits per heavy atom. The lowest BCUT2D eigenvalue weighted by Crippen LogP contribution is -2.19. The SMILES string of the molecule is NC(COCCC1CCC1)c1ccc(F)c(F)c1. The van der Waals surface area contributed by atoms with Gasteiger partial charge in [0.25, 0.3) is 0 Å². The zero-order valence-electron chi connectivity index (χ0n) is 10.4. The molecule has 1 aromatic rings. The topological polar surface area (TPSA) is 35.2 Å². The lowest BCUT2D eigenvalue weighted by Gasteiger charge is -2.25. The Balaban J connectivity index is 1.72. The summed E-state index contributed by atoms with van der Waals surface area (Å²) in [7, 11) is 0. The molecule has 18 heavy (non-hydrogen) atoms. The number of rotatable bonds is 6. The van der Waals surface area contributed by atoms with Gasteiger partial charge >= 0.3 is 0 Å². The van der Waals surface area contributed by atoms with Crippen molar-refractivity contribution in [2.75, 3.05) is 13.2 Å². The summed E-state index contributed by atoms with van der Waals surface area (Å²) in [5, 5.41) is 0. The molecule has 0 bridgehead atoms. The van der Waals surface area contributed by atoms with Gasteiger partial charge in [0.15, 0.2) is 11.6 Å². The number of benzene rings is 1. The van der Waals surface area contributed by atoms with E-state index in [1.165, 1.54) is 25.3 Å². The Bertz CT molecular complexity index is 393. The van der Waals surface area contributed by atoms with Crippen LogP contribution in [0.25, 0.3) is 0 Å². The van der Waals surface area contributed by atoms with E-state index in [1.807, 2.05) is 0 Å². The zero-order chi connectivity index (χ0) is 13.0. The summed E-state index contributed by atoms with van der Waals surface area (Å²) < 4.78 is 31.3. The summed E-state index contributed by atoms with van der Waals surface area (Å²) in [5.41, 5.74) is 6.43. The van der Waals surface area contributed by atoms with Crippen LogP contribution in [0.3, 0.4) is 0 Å². The van der Waals surface area contributed by atoms with Gasteiger partial charge in [-0.05, 0) is 30.0 Å². The van der Waals surface area contributed by atoms with Crippen molar-refractivity contribution >= 4 is 0 Å². The first kappa shape index (κ1) is 13.4. The van der Waals surface area contributed by atoms with E-state index in [9.17, 15) is 8.78 Å². The van der Waals surface area contributed by atoms with Gasteiger partial charge in [-0.15, -0.1) is 0 Å². The Morgan fingerprint density at radius 1 is 1.28 bits per heavy atom. The summed E-state index contributed by atoms with van der Waals surface area (Å²) in [5.74, 6) is -0.904. The molecule has 1 saturated carbocycles. The van der Waals surface area contributed by atoms with E-state index < -0.39 is 17.7 Å². The van der Waals surface area contributed by atoms with Crippen LogP contribution in [-0.2, 0) is 4.74 Å². The van der Waals surface area contributed by atoms with Crippen molar-refractivity contribution in [1.29, 1.82) is 0 Å². The minimum absolute atomic E-state index is 0.345. The number of nitrogens with two attached hydrogens (primary N) is 1. The summed E-state index contributed by atoms with van der Waals surface area (Å²) in [6.07, 6.45) is 5.01. The molecular weight excluding hydrogens is 236 g/mol. The van der Waals surface area contributed by atoms with Crippen molar-refractivity contribution < 1.29 is 13.5 Å². The quantitative estimate of drug-likeness (QED) is 0.792. The van der Waals surface area contributed by atoms with E-state index in [2.05, 4.69) is 0 Å². The van der Waals surface area contributed by atoms with Crippen molar-refractivity contribution in [2.24, 2.45) is 11.7 Å². The first-order valence-corrected chi connectivity index (χ1v) is 6.45. The molecule has 0 aromatic heterocycles. The Morgan fingerprint density at radius 3 is 2.67 bits per heavy atom. The van der Waals surface area contributed by atoms with Gasteiger partial charge in [0.05, 0.1) is 12.6 Å². The molecule has 1 aliphatic rings. The monoisotopic (exact) mass is 255 g/mol. The van der Waals surface area contributed by atoms with Crippen LogP contribution in [0.1, 0.15) is 37.3 Å². The number of hydrogen-bond donors (Lipinski definition) is 1. The van der Waals surface area contributed by atoms with Crippen LogP contribution in [0.4, 0.5) is 8.78 Å². The molecule has 0 amide bonds. The van der Waals surface area contributed by atoms with Crippen LogP contribution in [0.5, 0.6) is 0 Å². The van der Waals surface area contributed by atoms with Crippen LogP contribution in [-0.4, -0.2) is 13.2 Å². The van der Waals surface area contributed by atoms with Gasteiger partial charge < -0.3 is 10.5 Å². The highest BCUT2D eigenvalue weighted by Gasteiger charge is 2.17. The van der Waals surface area contributed by atoms with Crippen molar-refractivity contribution in [1.82, 2.24) is 0 Å². The molecule has 0 heterocycles.